The normalized spacial score (nSPS) is 16.1. The summed E-state index contributed by atoms with van der Waals surface area (Å²) in [4.78, 5) is 0.639. The summed E-state index contributed by atoms with van der Waals surface area (Å²) in [6, 6.07) is 3.12. The quantitative estimate of drug-likeness (QED) is 0.699. The standard InChI is InChI=1S/C11H17NO4S2/c13-7-10-3-4-11(17-10)18(14,15)12-5-6-16-8-9-1-2-9/h3-4,9,12-13H,1-2,5-8H2. The Labute approximate surface area is 111 Å². The van der Waals surface area contributed by atoms with Gasteiger partial charge >= 0.3 is 0 Å². The van der Waals surface area contributed by atoms with Crippen molar-refractivity contribution < 1.29 is 18.3 Å². The second-order valence-electron chi connectivity index (χ2n) is 4.29. The van der Waals surface area contributed by atoms with Crippen molar-refractivity contribution in [1.29, 1.82) is 0 Å². The summed E-state index contributed by atoms with van der Waals surface area (Å²) < 4.78 is 31.7. The van der Waals surface area contributed by atoms with Crippen LogP contribution in [0.5, 0.6) is 0 Å². The van der Waals surface area contributed by atoms with Crippen LogP contribution in [0.4, 0.5) is 0 Å². The average Bonchev–Trinajstić information content (AvgIpc) is 3.03. The number of hydrogen-bond donors (Lipinski definition) is 2. The minimum Gasteiger partial charge on any atom is -0.391 e. The monoisotopic (exact) mass is 291 g/mol. The van der Waals surface area contributed by atoms with Crippen molar-refractivity contribution in [2.24, 2.45) is 5.92 Å². The van der Waals surface area contributed by atoms with E-state index in [2.05, 4.69) is 4.72 Å². The summed E-state index contributed by atoms with van der Waals surface area (Å²) >= 11 is 1.08. The van der Waals surface area contributed by atoms with Gasteiger partial charge in [-0.3, -0.25) is 0 Å². The van der Waals surface area contributed by atoms with Gasteiger partial charge in [0.2, 0.25) is 10.0 Å². The molecule has 1 aliphatic rings. The van der Waals surface area contributed by atoms with E-state index in [4.69, 9.17) is 9.84 Å². The molecule has 1 aliphatic carbocycles. The third kappa shape index (κ3) is 4.03. The van der Waals surface area contributed by atoms with Gasteiger partial charge in [-0.25, -0.2) is 13.1 Å². The predicted molar refractivity (Wildman–Crippen MR) is 69.0 cm³/mol. The van der Waals surface area contributed by atoms with Gasteiger partial charge in [0.05, 0.1) is 13.2 Å². The van der Waals surface area contributed by atoms with Crippen molar-refractivity contribution in [3.05, 3.63) is 17.0 Å². The van der Waals surface area contributed by atoms with Crippen LogP contribution in [0, 0.1) is 5.92 Å². The van der Waals surface area contributed by atoms with Crippen LogP contribution in [-0.4, -0.2) is 33.3 Å². The predicted octanol–water partition coefficient (Wildman–Crippen LogP) is 0.945. The second kappa shape index (κ2) is 6.12. The van der Waals surface area contributed by atoms with Crippen molar-refractivity contribution in [2.45, 2.75) is 23.7 Å². The van der Waals surface area contributed by atoms with Crippen LogP contribution in [0.15, 0.2) is 16.3 Å². The van der Waals surface area contributed by atoms with E-state index in [1.807, 2.05) is 0 Å². The van der Waals surface area contributed by atoms with E-state index in [1.54, 1.807) is 6.07 Å². The van der Waals surface area contributed by atoms with Gasteiger partial charge in [-0.15, -0.1) is 11.3 Å². The van der Waals surface area contributed by atoms with Crippen LogP contribution in [-0.2, 0) is 21.4 Å². The summed E-state index contributed by atoms with van der Waals surface area (Å²) in [7, 11) is -3.46. The van der Waals surface area contributed by atoms with Crippen molar-refractivity contribution in [3.63, 3.8) is 0 Å². The number of hydrogen-bond acceptors (Lipinski definition) is 5. The molecular weight excluding hydrogens is 274 g/mol. The Morgan fingerprint density at radius 1 is 1.44 bits per heavy atom. The largest absolute Gasteiger partial charge is 0.391 e. The van der Waals surface area contributed by atoms with E-state index < -0.39 is 10.0 Å². The molecule has 0 unspecified atom stereocenters. The highest BCUT2D eigenvalue weighted by molar-refractivity contribution is 7.91. The molecule has 1 saturated carbocycles. The first-order chi connectivity index (χ1) is 8.62. The second-order valence-corrected chi connectivity index (χ2v) is 7.46. The molecule has 5 nitrogen and oxygen atoms in total. The molecule has 1 heterocycles. The number of sulfonamides is 1. The minimum atomic E-state index is -3.46. The van der Waals surface area contributed by atoms with Crippen molar-refractivity contribution in [2.75, 3.05) is 19.8 Å². The maximum Gasteiger partial charge on any atom is 0.250 e. The highest BCUT2D eigenvalue weighted by Crippen LogP contribution is 2.28. The van der Waals surface area contributed by atoms with Crippen molar-refractivity contribution >= 4 is 21.4 Å². The molecule has 0 amide bonds. The summed E-state index contributed by atoms with van der Waals surface area (Å²) in [5.41, 5.74) is 0. The molecule has 0 aromatic carbocycles. The smallest absolute Gasteiger partial charge is 0.250 e. The third-order valence-corrected chi connectivity index (χ3v) is 5.67. The Balaban J connectivity index is 1.75. The highest BCUT2D eigenvalue weighted by atomic mass is 32.2. The molecule has 1 aromatic heterocycles. The molecule has 0 aliphatic heterocycles. The van der Waals surface area contributed by atoms with Crippen LogP contribution in [0.25, 0.3) is 0 Å². The van der Waals surface area contributed by atoms with E-state index in [1.165, 1.54) is 18.9 Å². The Kier molecular flexibility index (Phi) is 4.74. The zero-order chi connectivity index (χ0) is 13.0. The number of aliphatic hydroxyl groups excluding tert-OH is 1. The fourth-order valence-electron chi connectivity index (χ4n) is 1.44. The van der Waals surface area contributed by atoms with E-state index in [-0.39, 0.29) is 17.4 Å². The summed E-state index contributed by atoms with van der Waals surface area (Å²) in [6.07, 6.45) is 2.45. The molecule has 7 heteroatoms. The number of aliphatic hydroxyl groups is 1. The van der Waals surface area contributed by atoms with Crippen LogP contribution < -0.4 is 4.72 Å². The van der Waals surface area contributed by atoms with Gasteiger partial charge in [-0.05, 0) is 30.9 Å². The van der Waals surface area contributed by atoms with Gasteiger partial charge in [0.25, 0.3) is 0 Å². The molecule has 0 radical (unpaired) electrons. The van der Waals surface area contributed by atoms with E-state index in [9.17, 15) is 8.42 Å². The van der Waals surface area contributed by atoms with E-state index in [0.29, 0.717) is 17.4 Å². The summed E-state index contributed by atoms with van der Waals surface area (Å²) in [6.45, 7) is 1.27. The van der Waals surface area contributed by atoms with Crippen LogP contribution in [0.2, 0.25) is 0 Å². The Hall–Kier alpha value is -0.470. The lowest BCUT2D eigenvalue weighted by Gasteiger charge is -2.05. The minimum absolute atomic E-state index is 0.134. The maximum absolute atomic E-state index is 11.8. The van der Waals surface area contributed by atoms with Crippen LogP contribution in [0.1, 0.15) is 17.7 Å². The van der Waals surface area contributed by atoms with Gasteiger partial charge in [0.1, 0.15) is 4.21 Å². The fraction of sp³-hybridized carbons (Fsp3) is 0.636. The zero-order valence-corrected chi connectivity index (χ0v) is 11.6. The van der Waals surface area contributed by atoms with Crippen molar-refractivity contribution in [1.82, 2.24) is 4.72 Å². The molecule has 102 valence electrons. The molecular formula is C11H17NO4S2. The van der Waals surface area contributed by atoms with Gasteiger partial charge in [0, 0.05) is 18.0 Å². The lowest BCUT2D eigenvalue weighted by atomic mass is 10.5. The Morgan fingerprint density at radius 3 is 2.83 bits per heavy atom. The first kappa shape index (κ1) is 14.0. The van der Waals surface area contributed by atoms with Crippen LogP contribution in [0.3, 0.4) is 0 Å². The molecule has 0 saturated heterocycles. The van der Waals surface area contributed by atoms with Crippen molar-refractivity contribution in [3.8, 4) is 0 Å². The molecule has 1 fully saturated rings. The molecule has 0 spiro atoms. The summed E-state index contributed by atoms with van der Waals surface area (Å²) in [5.74, 6) is 0.686. The summed E-state index contributed by atoms with van der Waals surface area (Å²) in [5, 5.41) is 8.90. The zero-order valence-electron chi connectivity index (χ0n) is 9.96. The lowest BCUT2D eigenvalue weighted by molar-refractivity contribution is 0.129. The fourth-order valence-corrected chi connectivity index (χ4v) is 3.71. The van der Waals surface area contributed by atoms with E-state index >= 15 is 0 Å². The topological polar surface area (TPSA) is 75.6 Å². The van der Waals surface area contributed by atoms with Gasteiger partial charge in [-0.2, -0.15) is 0 Å². The third-order valence-electron chi connectivity index (χ3n) is 2.65. The number of nitrogens with one attached hydrogen (secondary N) is 1. The number of rotatable bonds is 8. The highest BCUT2D eigenvalue weighted by Gasteiger charge is 2.21. The Morgan fingerprint density at radius 2 is 2.22 bits per heavy atom. The molecule has 0 atom stereocenters. The average molecular weight is 291 g/mol. The molecule has 2 N–H and O–H groups in total. The first-order valence-electron chi connectivity index (χ1n) is 5.89. The van der Waals surface area contributed by atoms with Gasteiger partial charge < -0.3 is 9.84 Å². The molecule has 18 heavy (non-hydrogen) atoms. The Bertz CT molecular complexity index is 479. The first-order valence-corrected chi connectivity index (χ1v) is 8.19. The number of ether oxygens (including phenoxy) is 1. The lowest BCUT2D eigenvalue weighted by Crippen LogP contribution is -2.27. The molecule has 1 aromatic rings. The van der Waals surface area contributed by atoms with Gasteiger partial charge in [0.15, 0.2) is 0 Å². The maximum atomic E-state index is 11.8. The molecule has 2 rings (SSSR count). The SMILES string of the molecule is O=S(=O)(NCCOCC1CC1)c1ccc(CO)s1. The molecule has 0 bridgehead atoms. The number of thiophene rings is 1. The van der Waals surface area contributed by atoms with Gasteiger partial charge in [-0.1, -0.05) is 0 Å². The van der Waals surface area contributed by atoms with E-state index in [0.717, 1.165) is 17.9 Å². The van der Waals surface area contributed by atoms with Crippen LogP contribution >= 0.6 is 11.3 Å².